The van der Waals surface area contributed by atoms with Gasteiger partial charge < -0.3 is 15.7 Å². The summed E-state index contributed by atoms with van der Waals surface area (Å²) in [5.74, 6) is 0.837. The van der Waals surface area contributed by atoms with Crippen LogP contribution in [0.4, 0.5) is 0 Å². The van der Waals surface area contributed by atoms with Crippen molar-refractivity contribution < 1.29 is 5.11 Å². The standard InChI is InChI=1S/C13H25N3O/c1-10(12(14)15)8-16-7-6-13(17)5-3-2-4-11(13)9-16/h10-11,17H,2-9H2,1H3,(H3,14,15). The van der Waals surface area contributed by atoms with Crippen molar-refractivity contribution in [3.05, 3.63) is 0 Å². The van der Waals surface area contributed by atoms with Crippen LogP contribution in [0.2, 0.25) is 0 Å². The van der Waals surface area contributed by atoms with E-state index in [0.717, 1.165) is 38.9 Å². The molecule has 17 heavy (non-hydrogen) atoms. The van der Waals surface area contributed by atoms with Gasteiger partial charge in [-0.3, -0.25) is 5.41 Å². The number of likely N-dealkylation sites (tertiary alicyclic amines) is 1. The van der Waals surface area contributed by atoms with Crippen molar-refractivity contribution in [1.29, 1.82) is 5.41 Å². The molecule has 1 saturated heterocycles. The molecule has 0 spiro atoms. The van der Waals surface area contributed by atoms with E-state index in [9.17, 15) is 5.11 Å². The van der Waals surface area contributed by atoms with Gasteiger partial charge >= 0.3 is 0 Å². The lowest BCUT2D eigenvalue weighted by molar-refractivity contribution is -0.0960. The zero-order chi connectivity index (χ0) is 12.5. The molecule has 98 valence electrons. The topological polar surface area (TPSA) is 73.3 Å². The molecular formula is C13H25N3O. The van der Waals surface area contributed by atoms with E-state index in [-0.39, 0.29) is 11.8 Å². The number of hydrogen-bond donors (Lipinski definition) is 3. The lowest BCUT2D eigenvalue weighted by atomic mass is 9.71. The van der Waals surface area contributed by atoms with E-state index in [1.807, 2.05) is 6.92 Å². The second-order valence-electron chi connectivity index (χ2n) is 5.91. The summed E-state index contributed by atoms with van der Waals surface area (Å²) in [6.45, 7) is 4.80. The largest absolute Gasteiger partial charge is 0.390 e. The molecule has 1 aliphatic carbocycles. The Morgan fingerprint density at radius 3 is 3.00 bits per heavy atom. The van der Waals surface area contributed by atoms with Gasteiger partial charge in [-0.25, -0.2) is 0 Å². The molecule has 0 aromatic carbocycles. The maximum Gasteiger partial charge on any atom is 0.0947 e. The van der Waals surface area contributed by atoms with Gasteiger partial charge in [0.05, 0.1) is 11.4 Å². The summed E-state index contributed by atoms with van der Waals surface area (Å²) in [7, 11) is 0. The van der Waals surface area contributed by atoms with Crippen LogP contribution in [0.5, 0.6) is 0 Å². The van der Waals surface area contributed by atoms with Gasteiger partial charge in [0.1, 0.15) is 0 Å². The van der Waals surface area contributed by atoms with Crippen molar-refractivity contribution >= 4 is 5.84 Å². The molecule has 0 radical (unpaired) electrons. The van der Waals surface area contributed by atoms with Crippen LogP contribution < -0.4 is 5.73 Å². The molecule has 0 aromatic rings. The Morgan fingerprint density at radius 2 is 2.29 bits per heavy atom. The fourth-order valence-electron chi connectivity index (χ4n) is 3.29. The Kier molecular flexibility index (Phi) is 3.73. The van der Waals surface area contributed by atoms with Crippen LogP contribution in [0.3, 0.4) is 0 Å². The minimum absolute atomic E-state index is 0.129. The van der Waals surface area contributed by atoms with E-state index in [2.05, 4.69) is 4.90 Å². The second-order valence-corrected chi connectivity index (χ2v) is 5.91. The van der Waals surface area contributed by atoms with E-state index in [1.165, 1.54) is 12.8 Å². The first-order valence-electron chi connectivity index (χ1n) is 6.80. The SMILES string of the molecule is CC(CN1CCC2(O)CCCCC2C1)C(=N)N. The predicted molar refractivity (Wildman–Crippen MR) is 69.0 cm³/mol. The first-order valence-corrected chi connectivity index (χ1v) is 6.80. The normalized spacial score (nSPS) is 36.2. The summed E-state index contributed by atoms with van der Waals surface area (Å²) < 4.78 is 0. The Bertz CT molecular complexity index is 294. The number of nitrogens with zero attached hydrogens (tertiary/aromatic N) is 1. The molecule has 0 amide bonds. The van der Waals surface area contributed by atoms with Gasteiger partial charge in [-0.1, -0.05) is 19.8 Å². The second kappa shape index (κ2) is 4.94. The van der Waals surface area contributed by atoms with Gasteiger partial charge in [0, 0.05) is 31.5 Å². The molecule has 2 rings (SSSR count). The van der Waals surface area contributed by atoms with Crippen LogP contribution >= 0.6 is 0 Å². The summed E-state index contributed by atoms with van der Waals surface area (Å²) in [5, 5.41) is 18.0. The molecule has 1 saturated carbocycles. The highest BCUT2D eigenvalue weighted by atomic mass is 16.3. The summed E-state index contributed by atoms with van der Waals surface area (Å²) in [6.07, 6.45) is 5.46. The van der Waals surface area contributed by atoms with Gasteiger partial charge in [0.25, 0.3) is 0 Å². The zero-order valence-electron chi connectivity index (χ0n) is 10.8. The van der Waals surface area contributed by atoms with E-state index in [0.29, 0.717) is 5.92 Å². The number of nitrogens with one attached hydrogen (secondary N) is 1. The molecule has 4 heteroatoms. The summed E-state index contributed by atoms with van der Waals surface area (Å²) in [6, 6.07) is 0. The first kappa shape index (κ1) is 12.8. The fourth-order valence-corrected chi connectivity index (χ4v) is 3.29. The quantitative estimate of drug-likeness (QED) is 0.511. The highest BCUT2D eigenvalue weighted by Gasteiger charge is 2.42. The molecular weight excluding hydrogens is 214 g/mol. The minimum atomic E-state index is -0.395. The Balaban J connectivity index is 1.91. The van der Waals surface area contributed by atoms with Crippen molar-refractivity contribution in [1.82, 2.24) is 4.90 Å². The van der Waals surface area contributed by atoms with Gasteiger partial charge in [-0.05, 0) is 19.3 Å². The highest BCUT2D eigenvalue weighted by molar-refractivity contribution is 5.79. The third-order valence-corrected chi connectivity index (χ3v) is 4.57. The van der Waals surface area contributed by atoms with Crippen molar-refractivity contribution in [3.8, 4) is 0 Å². The average molecular weight is 239 g/mol. The monoisotopic (exact) mass is 239 g/mol. The maximum atomic E-state index is 10.6. The van der Waals surface area contributed by atoms with Crippen molar-refractivity contribution in [2.75, 3.05) is 19.6 Å². The van der Waals surface area contributed by atoms with Gasteiger partial charge in [-0.15, -0.1) is 0 Å². The molecule has 3 atom stereocenters. The lowest BCUT2D eigenvalue weighted by Crippen LogP contribution is -2.54. The van der Waals surface area contributed by atoms with Gasteiger partial charge in [0.15, 0.2) is 0 Å². The summed E-state index contributed by atoms with van der Waals surface area (Å²) in [5.41, 5.74) is 5.12. The van der Waals surface area contributed by atoms with E-state index >= 15 is 0 Å². The third-order valence-electron chi connectivity index (χ3n) is 4.57. The molecule has 1 aliphatic heterocycles. The van der Waals surface area contributed by atoms with E-state index < -0.39 is 5.60 Å². The lowest BCUT2D eigenvalue weighted by Gasteiger charge is -2.47. The summed E-state index contributed by atoms with van der Waals surface area (Å²) >= 11 is 0. The van der Waals surface area contributed by atoms with Crippen LogP contribution in [0.25, 0.3) is 0 Å². The third kappa shape index (κ3) is 2.80. The molecule has 4 nitrogen and oxygen atoms in total. The molecule has 2 aliphatic rings. The molecule has 0 bridgehead atoms. The van der Waals surface area contributed by atoms with Crippen LogP contribution in [0, 0.1) is 17.2 Å². The predicted octanol–water partition coefficient (Wildman–Crippen LogP) is 1.19. The molecule has 1 heterocycles. The molecule has 4 N–H and O–H groups in total. The molecule has 0 aromatic heterocycles. The maximum absolute atomic E-state index is 10.6. The smallest absolute Gasteiger partial charge is 0.0947 e. The van der Waals surface area contributed by atoms with Crippen molar-refractivity contribution in [3.63, 3.8) is 0 Å². The first-order chi connectivity index (χ1) is 8.01. The number of amidine groups is 1. The number of nitrogens with two attached hydrogens (primary N) is 1. The fraction of sp³-hybridized carbons (Fsp3) is 0.923. The van der Waals surface area contributed by atoms with E-state index in [4.69, 9.17) is 11.1 Å². The Morgan fingerprint density at radius 1 is 1.53 bits per heavy atom. The zero-order valence-corrected chi connectivity index (χ0v) is 10.8. The van der Waals surface area contributed by atoms with Crippen LogP contribution in [-0.4, -0.2) is 41.1 Å². The van der Waals surface area contributed by atoms with E-state index in [1.54, 1.807) is 0 Å². The van der Waals surface area contributed by atoms with Gasteiger partial charge in [0.2, 0.25) is 0 Å². The number of fused-ring (bicyclic) bond motifs is 1. The van der Waals surface area contributed by atoms with Crippen molar-refractivity contribution in [2.24, 2.45) is 17.6 Å². The number of rotatable bonds is 3. The summed E-state index contributed by atoms with van der Waals surface area (Å²) in [4.78, 5) is 2.37. The van der Waals surface area contributed by atoms with Gasteiger partial charge in [-0.2, -0.15) is 0 Å². The van der Waals surface area contributed by atoms with Crippen LogP contribution in [-0.2, 0) is 0 Å². The minimum Gasteiger partial charge on any atom is -0.390 e. The van der Waals surface area contributed by atoms with Crippen molar-refractivity contribution in [2.45, 2.75) is 44.6 Å². The average Bonchev–Trinajstić information content (AvgIpc) is 2.29. The molecule has 3 unspecified atom stereocenters. The number of hydrogen-bond acceptors (Lipinski definition) is 3. The Hall–Kier alpha value is -0.610. The van der Waals surface area contributed by atoms with Crippen LogP contribution in [0.1, 0.15) is 39.0 Å². The number of aliphatic hydroxyl groups is 1. The van der Waals surface area contributed by atoms with Crippen LogP contribution in [0.15, 0.2) is 0 Å². The highest BCUT2D eigenvalue weighted by Crippen LogP contribution is 2.39. The number of piperidine rings is 1. The Labute approximate surface area is 104 Å². The molecule has 2 fully saturated rings.